The molecule has 1 heterocycles. The van der Waals surface area contributed by atoms with E-state index in [4.69, 9.17) is 0 Å². The van der Waals surface area contributed by atoms with Crippen molar-refractivity contribution in [1.82, 2.24) is 10.2 Å². The summed E-state index contributed by atoms with van der Waals surface area (Å²) in [6, 6.07) is 5.56. The summed E-state index contributed by atoms with van der Waals surface area (Å²) in [6.07, 6.45) is -0.546. The van der Waals surface area contributed by atoms with Crippen LogP contribution in [-0.4, -0.2) is 22.4 Å². The summed E-state index contributed by atoms with van der Waals surface area (Å²) in [6.45, 7) is 0. The first-order valence-corrected chi connectivity index (χ1v) is 6.79. The van der Waals surface area contributed by atoms with Crippen LogP contribution in [0, 0.1) is 5.92 Å². The van der Waals surface area contributed by atoms with Crippen LogP contribution in [0.25, 0.3) is 10.9 Å². The Kier molecular flexibility index (Phi) is 3.31. The van der Waals surface area contributed by atoms with E-state index >= 15 is 0 Å². The molecule has 3 nitrogen and oxygen atoms in total. The molecule has 1 aliphatic carbocycles. The van der Waals surface area contributed by atoms with Gasteiger partial charge in [-0.05, 0) is 37.5 Å². The lowest BCUT2D eigenvalue weighted by molar-refractivity contribution is -0.182. The van der Waals surface area contributed by atoms with Gasteiger partial charge < -0.3 is 5.32 Å². The zero-order valence-corrected chi connectivity index (χ0v) is 10.9. The summed E-state index contributed by atoms with van der Waals surface area (Å²) >= 11 is 0. The van der Waals surface area contributed by atoms with E-state index in [1.54, 1.807) is 6.20 Å². The van der Waals surface area contributed by atoms with Crippen molar-refractivity contribution >= 4 is 16.6 Å². The second kappa shape index (κ2) is 5.00. The number of aromatic amines is 1. The predicted octanol–water partition coefficient (Wildman–Crippen LogP) is 4.10. The first-order chi connectivity index (χ1) is 9.52. The fraction of sp³-hybridized carbons (Fsp3) is 0.500. The normalized spacial score (nSPS) is 23.9. The van der Waals surface area contributed by atoms with Crippen molar-refractivity contribution in [2.75, 3.05) is 5.32 Å². The van der Waals surface area contributed by atoms with Gasteiger partial charge >= 0.3 is 6.18 Å². The molecule has 3 rings (SSSR count). The lowest BCUT2D eigenvalue weighted by Crippen LogP contribution is -2.34. The molecule has 2 unspecified atom stereocenters. The van der Waals surface area contributed by atoms with Crippen molar-refractivity contribution < 1.29 is 13.2 Å². The second-order valence-corrected chi connectivity index (χ2v) is 5.42. The molecule has 2 atom stereocenters. The molecule has 0 amide bonds. The molecular formula is C14H16F3N3. The lowest BCUT2D eigenvalue weighted by Gasteiger charge is -2.31. The smallest absolute Gasteiger partial charge is 0.382 e. The van der Waals surface area contributed by atoms with Gasteiger partial charge in [0.1, 0.15) is 0 Å². The van der Waals surface area contributed by atoms with Crippen molar-refractivity contribution in [1.29, 1.82) is 0 Å². The quantitative estimate of drug-likeness (QED) is 0.871. The van der Waals surface area contributed by atoms with Crippen LogP contribution in [0.2, 0.25) is 0 Å². The summed E-state index contributed by atoms with van der Waals surface area (Å²) in [5.74, 6) is -1.17. The highest BCUT2D eigenvalue weighted by Crippen LogP contribution is 2.38. The van der Waals surface area contributed by atoms with Gasteiger partial charge in [-0.3, -0.25) is 5.10 Å². The number of aromatic nitrogens is 2. The molecule has 1 saturated carbocycles. The van der Waals surface area contributed by atoms with Crippen molar-refractivity contribution in [2.24, 2.45) is 5.92 Å². The number of hydrogen-bond acceptors (Lipinski definition) is 2. The first kappa shape index (κ1) is 13.3. The highest BCUT2D eigenvalue weighted by atomic mass is 19.4. The Morgan fingerprint density at radius 1 is 1.25 bits per heavy atom. The zero-order valence-electron chi connectivity index (χ0n) is 10.9. The van der Waals surface area contributed by atoms with Gasteiger partial charge in [0.25, 0.3) is 0 Å². The Morgan fingerprint density at radius 3 is 2.90 bits per heavy atom. The Balaban J connectivity index is 1.70. The van der Waals surface area contributed by atoms with Crippen molar-refractivity contribution in [3.8, 4) is 0 Å². The molecule has 108 valence electrons. The maximum atomic E-state index is 12.8. The van der Waals surface area contributed by atoms with Gasteiger partial charge in [-0.25, -0.2) is 0 Å². The number of benzene rings is 1. The van der Waals surface area contributed by atoms with E-state index in [1.807, 2.05) is 18.2 Å². The molecule has 1 aromatic heterocycles. The highest BCUT2D eigenvalue weighted by molar-refractivity contribution is 5.81. The maximum absolute atomic E-state index is 12.8. The number of anilines is 1. The molecule has 1 aromatic carbocycles. The zero-order chi connectivity index (χ0) is 14.2. The molecule has 0 aliphatic heterocycles. The van der Waals surface area contributed by atoms with E-state index in [1.165, 1.54) is 0 Å². The molecule has 0 spiro atoms. The fourth-order valence-electron chi connectivity index (χ4n) is 2.89. The monoisotopic (exact) mass is 283 g/mol. The van der Waals surface area contributed by atoms with Crippen LogP contribution in [0.15, 0.2) is 24.4 Å². The van der Waals surface area contributed by atoms with Gasteiger partial charge in [-0.2, -0.15) is 18.3 Å². The summed E-state index contributed by atoms with van der Waals surface area (Å²) < 4.78 is 38.3. The summed E-state index contributed by atoms with van der Waals surface area (Å²) in [5, 5.41) is 11.0. The van der Waals surface area contributed by atoms with E-state index in [2.05, 4.69) is 15.5 Å². The van der Waals surface area contributed by atoms with Crippen LogP contribution in [0.4, 0.5) is 18.9 Å². The van der Waals surface area contributed by atoms with E-state index in [9.17, 15) is 13.2 Å². The van der Waals surface area contributed by atoms with Crippen LogP contribution in [0.5, 0.6) is 0 Å². The lowest BCUT2D eigenvalue weighted by atomic mass is 9.85. The average molecular weight is 283 g/mol. The van der Waals surface area contributed by atoms with Crippen LogP contribution < -0.4 is 5.32 Å². The van der Waals surface area contributed by atoms with Gasteiger partial charge in [0.05, 0.1) is 17.6 Å². The Bertz CT molecular complexity index is 591. The van der Waals surface area contributed by atoms with Gasteiger partial charge in [0.15, 0.2) is 0 Å². The Labute approximate surface area is 114 Å². The molecule has 2 aromatic rings. The highest BCUT2D eigenvalue weighted by Gasteiger charge is 2.42. The number of nitrogens with zero attached hydrogens (tertiary/aromatic N) is 1. The molecule has 1 aliphatic rings. The Morgan fingerprint density at radius 2 is 2.10 bits per heavy atom. The third kappa shape index (κ3) is 2.73. The van der Waals surface area contributed by atoms with Crippen molar-refractivity contribution in [3.63, 3.8) is 0 Å². The van der Waals surface area contributed by atoms with E-state index in [0.29, 0.717) is 6.42 Å². The van der Waals surface area contributed by atoms with Crippen LogP contribution in [-0.2, 0) is 0 Å². The third-order valence-electron chi connectivity index (χ3n) is 3.95. The number of H-pyrrole nitrogens is 1. The summed E-state index contributed by atoms with van der Waals surface area (Å²) in [4.78, 5) is 0. The minimum atomic E-state index is -4.07. The van der Waals surface area contributed by atoms with E-state index < -0.39 is 12.1 Å². The number of rotatable bonds is 2. The van der Waals surface area contributed by atoms with Crippen LogP contribution in [0.1, 0.15) is 25.7 Å². The molecule has 6 heteroatoms. The molecule has 20 heavy (non-hydrogen) atoms. The van der Waals surface area contributed by atoms with Crippen molar-refractivity contribution in [3.05, 3.63) is 24.4 Å². The van der Waals surface area contributed by atoms with Crippen molar-refractivity contribution in [2.45, 2.75) is 37.9 Å². The molecule has 0 radical (unpaired) electrons. The topological polar surface area (TPSA) is 40.7 Å². The number of halogens is 3. The standard InChI is InChI=1S/C14H16F3N3/c15-14(16,17)10-2-1-3-11(7-10)19-12-4-5-13-9(6-12)8-18-20-13/h4-6,8,10-11,19H,1-3,7H2,(H,18,20). The molecule has 1 fully saturated rings. The first-order valence-electron chi connectivity index (χ1n) is 6.79. The summed E-state index contributed by atoms with van der Waals surface area (Å²) in [5.41, 5.74) is 1.78. The van der Waals surface area contributed by atoms with Crippen LogP contribution >= 0.6 is 0 Å². The Hall–Kier alpha value is -1.72. The maximum Gasteiger partial charge on any atom is 0.391 e. The van der Waals surface area contributed by atoms with Crippen LogP contribution in [0.3, 0.4) is 0 Å². The van der Waals surface area contributed by atoms with E-state index in [-0.39, 0.29) is 18.9 Å². The van der Waals surface area contributed by atoms with Gasteiger partial charge in [0.2, 0.25) is 0 Å². The second-order valence-electron chi connectivity index (χ2n) is 5.42. The fourth-order valence-corrected chi connectivity index (χ4v) is 2.89. The number of fused-ring (bicyclic) bond motifs is 1. The molecule has 2 N–H and O–H groups in total. The number of nitrogens with one attached hydrogen (secondary N) is 2. The third-order valence-corrected chi connectivity index (χ3v) is 3.95. The van der Waals surface area contributed by atoms with Gasteiger partial charge in [-0.15, -0.1) is 0 Å². The molecule has 0 bridgehead atoms. The van der Waals surface area contributed by atoms with Gasteiger partial charge in [0, 0.05) is 17.1 Å². The predicted molar refractivity (Wildman–Crippen MR) is 71.5 cm³/mol. The number of alkyl halides is 3. The van der Waals surface area contributed by atoms with Gasteiger partial charge in [-0.1, -0.05) is 6.42 Å². The largest absolute Gasteiger partial charge is 0.391 e. The minimum Gasteiger partial charge on any atom is -0.382 e. The molecular weight excluding hydrogens is 267 g/mol. The van der Waals surface area contributed by atoms with E-state index in [0.717, 1.165) is 23.0 Å². The minimum absolute atomic E-state index is 0.111. The summed E-state index contributed by atoms with van der Waals surface area (Å²) in [7, 11) is 0. The SMILES string of the molecule is FC(F)(F)C1CCCC(Nc2ccc3[nH]ncc3c2)C1. The number of hydrogen-bond donors (Lipinski definition) is 2. The molecule has 0 saturated heterocycles. The average Bonchev–Trinajstić information content (AvgIpc) is 2.85.